The van der Waals surface area contributed by atoms with E-state index in [2.05, 4.69) is 10.6 Å². The van der Waals surface area contributed by atoms with E-state index in [1.165, 1.54) is 6.07 Å². The number of nitrogens with one attached hydrogen (secondary N) is 2. The Morgan fingerprint density at radius 2 is 2.46 bits per heavy atom. The monoisotopic (exact) mass is 180 g/mol. The molecule has 0 saturated carbocycles. The summed E-state index contributed by atoms with van der Waals surface area (Å²) in [5.74, 6) is -0.148. The van der Waals surface area contributed by atoms with Crippen LogP contribution in [-0.2, 0) is 6.42 Å². The van der Waals surface area contributed by atoms with Gasteiger partial charge in [-0.25, -0.2) is 4.39 Å². The van der Waals surface area contributed by atoms with Crippen molar-refractivity contribution in [3.63, 3.8) is 0 Å². The van der Waals surface area contributed by atoms with Crippen molar-refractivity contribution in [2.45, 2.75) is 12.5 Å². The molecule has 0 radical (unpaired) electrons. The van der Waals surface area contributed by atoms with Crippen LogP contribution in [0.4, 0.5) is 10.1 Å². The van der Waals surface area contributed by atoms with Gasteiger partial charge < -0.3 is 10.6 Å². The van der Waals surface area contributed by atoms with E-state index < -0.39 is 0 Å². The molecule has 1 aliphatic heterocycles. The van der Waals surface area contributed by atoms with E-state index in [1.807, 2.05) is 7.05 Å². The topological polar surface area (TPSA) is 24.1 Å². The molecule has 1 aliphatic rings. The minimum Gasteiger partial charge on any atom is -0.380 e. The molecule has 1 aromatic carbocycles. The average molecular weight is 180 g/mol. The van der Waals surface area contributed by atoms with Crippen molar-refractivity contribution >= 4 is 5.69 Å². The van der Waals surface area contributed by atoms with Crippen molar-refractivity contribution < 1.29 is 4.39 Å². The van der Waals surface area contributed by atoms with Crippen LogP contribution in [0.5, 0.6) is 0 Å². The van der Waals surface area contributed by atoms with E-state index in [0.717, 1.165) is 24.2 Å². The van der Waals surface area contributed by atoms with Crippen molar-refractivity contribution in [2.24, 2.45) is 0 Å². The number of rotatable bonds is 2. The van der Waals surface area contributed by atoms with E-state index in [4.69, 9.17) is 0 Å². The van der Waals surface area contributed by atoms with Crippen molar-refractivity contribution in [1.29, 1.82) is 0 Å². The summed E-state index contributed by atoms with van der Waals surface area (Å²) in [6.07, 6.45) is 0.911. The van der Waals surface area contributed by atoms with E-state index in [1.54, 1.807) is 12.1 Å². The van der Waals surface area contributed by atoms with Gasteiger partial charge in [0, 0.05) is 18.3 Å². The summed E-state index contributed by atoms with van der Waals surface area (Å²) in [5.41, 5.74) is 2.15. The van der Waals surface area contributed by atoms with Gasteiger partial charge in [-0.15, -0.1) is 0 Å². The Hall–Kier alpha value is -1.09. The SMILES string of the molecule is CNCC1Cc2cc(F)ccc2N1. The standard InChI is InChI=1S/C10H13FN2/c1-12-6-9-5-7-4-8(11)2-3-10(7)13-9/h2-4,9,12-13H,5-6H2,1H3. The quantitative estimate of drug-likeness (QED) is 0.718. The smallest absolute Gasteiger partial charge is 0.123 e. The van der Waals surface area contributed by atoms with Crippen molar-refractivity contribution in [1.82, 2.24) is 5.32 Å². The minimum absolute atomic E-state index is 0.148. The van der Waals surface area contributed by atoms with E-state index in [0.29, 0.717) is 6.04 Å². The zero-order valence-corrected chi connectivity index (χ0v) is 7.60. The Kier molecular flexibility index (Phi) is 2.19. The van der Waals surface area contributed by atoms with Crippen LogP contribution in [-0.4, -0.2) is 19.6 Å². The fraction of sp³-hybridized carbons (Fsp3) is 0.400. The number of fused-ring (bicyclic) bond motifs is 1. The molecule has 0 aliphatic carbocycles. The fourth-order valence-electron chi connectivity index (χ4n) is 1.78. The third kappa shape index (κ3) is 1.65. The van der Waals surface area contributed by atoms with E-state index >= 15 is 0 Å². The second-order valence-corrected chi connectivity index (χ2v) is 3.40. The van der Waals surface area contributed by atoms with Crippen LogP contribution in [0.25, 0.3) is 0 Å². The number of hydrogen-bond acceptors (Lipinski definition) is 2. The molecule has 2 nitrogen and oxygen atoms in total. The molecule has 1 heterocycles. The van der Waals surface area contributed by atoms with Crippen LogP contribution < -0.4 is 10.6 Å². The zero-order chi connectivity index (χ0) is 9.26. The normalized spacial score (nSPS) is 19.7. The molecule has 2 rings (SSSR count). The number of halogens is 1. The van der Waals surface area contributed by atoms with Crippen LogP contribution in [0.1, 0.15) is 5.56 Å². The Balaban J connectivity index is 2.16. The van der Waals surface area contributed by atoms with Crippen LogP contribution in [0.3, 0.4) is 0 Å². The number of benzene rings is 1. The third-order valence-corrected chi connectivity index (χ3v) is 2.34. The molecule has 13 heavy (non-hydrogen) atoms. The maximum atomic E-state index is 12.8. The Morgan fingerprint density at radius 1 is 1.62 bits per heavy atom. The van der Waals surface area contributed by atoms with Crippen molar-refractivity contribution in [3.8, 4) is 0 Å². The highest BCUT2D eigenvalue weighted by Crippen LogP contribution is 2.25. The Bertz CT molecular complexity index is 312. The molecule has 2 N–H and O–H groups in total. The zero-order valence-electron chi connectivity index (χ0n) is 7.60. The highest BCUT2D eigenvalue weighted by molar-refractivity contribution is 5.56. The second kappa shape index (κ2) is 3.34. The molecule has 0 fully saturated rings. The molecule has 1 unspecified atom stereocenters. The number of hydrogen-bond donors (Lipinski definition) is 2. The largest absolute Gasteiger partial charge is 0.380 e. The highest BCUT2D eigenvalue weighted by Gasteiger charge is 2.19. The average Bonchev–Trinajstić information content (AvgIpc) is 2.46. The van der Waals surface area contributed by atoms with Gasteiger partial charge in [0.15, 0.2) is 0 Å². The summed E-state index contributed by atoms with van der Waals surface area (Å²) in [4.78, 5) is 0. The molecular weight excluding hydrogens is 167 g/mol. The van der Waals surface area contributed by atoms with Gasteiger partial charge in [-0.3, -0.25) is 0 Å². The predicted octanol–water partition coefficient (Wildman–Crippen LogP) is 1.38. The molecular formula is C10H13FN2. The molecule has 0 amide bonds. The van der Waals surface area contributed by atoms with Gasteiger partial charge >= 0.3 is 0 Å². The first-order valence-corrected chi connectivity index (χ1v) is 4.49. The summed E-state index contributed by atoms with van der Waals surface area (Å²) < 4.78 is 12.8. The van der Waals surface area contributed by atoms with E-state index in [-0.39, 0.29) is 5.82 Å². The lowest BCUT2D eigenvalue weighted by atomic mass is 10.1. The lowest BCUT2D eigenvalue weighted by Crippen LogP contribution is -2.28. The molecule has 0 aromatic heterocycles. The summed E-state index contributed by atoms with van der Waals surface area (Å²) in [5, 5.41) is 6.44. The van der Waals surface area contributed by atoms with E-state index in [9.17, 15) is 4.39 Å². The maximum Gasteiger partial charge on any atom is 0.123 e. The summed E-state index contributed by atoms with van der Waals surface area (Å²) in [7, 11) is 1.92. The molecule has 0 bridgehead atoms. The van der Waals surface area contributed by atoms with Crippen LogP contribution >= 0.6 is 0 Å². The van der Waals surface area contributed by atoms with Crippen LogP contribution in [0, 0.1) is 5.82 Å². The molecule has 70 valence electrons. The molecule has 0 saturated heterocycles. The maximum absolute atomic E-state index is 12.8. The third-order valence-electron chi connectivity index (χ3n) is 2.34. The summed E-state index contributed by atoms with van der Waals surface area (Å²) >= 11 is 0. The first-order chi connectivity index (χ1) is 6.29. The van der Waals surface area contributed by atoms with Gasteiger partial charge in [-0.1, -0.05) is 0 Å². The number of anilines is 1. The summed E-state index contributed by atoms with van der Waals surface area (Å²) in [6.45, 7) is 0.913. The van der Waals surface area contributed by atoms with Crippen molar-refractivity contribution in [3.05, 3.63) is 29.6 Å². The van der Waals surface area contributed by atoms with Gasteiger partial charge in [0.2, 0.25) is 0 Å². The number of likely N-dealkylation sites (N-methyl/N-ethyl adjacent to an activating group) is 1. The van der Waals surface area contributed by atoms with Gasteiger partial charge in [0.25, 0.3) is 0 Å². The lowest BCUT2D eigenvalue weighted by molar-refractivity contribution is 0.624. The molecule has 3 heteroatoms. The van der Waals surface area contributed by atoms with Gasteiger partial charge in [-0.05, 0) is 37.2 Å². The van der Waals surface area contributed by atoms with Gasteiger partial charge in [0.1, 0.15) is 5.82 Å². The fourth-order valence-corrected chi connectivity index (χ4v) is 1.78. The minimum atomic E-state index is -0.148. The van der Waals surface area contributed by atoms with Crippen LogP contribution in [0.2, 0.25) is 0 Å². The highest BCUT2D eigenvalue weighted by atomic mass is 19.1. The van der Waals surface area contributed by atoms with Gasteiger partial charge in [0.05, 0.1) is 0 Å². The van der Waals surface area contributed by atoms with Crippen molar-refractivity contribution in [2.75, 3.05) is 18.9 Å². The molecule has 1 aromatic rings. The Morgan fingerprint density at radius 3 is 3.23 bits per heavy atom. The first-order valence-electron chi connectivity index (χ1n) is 4.49. The Labute approximate surface area is 77.2 Å². The molecule has 0 spiro atoms. The molecule has 1 atom stereocenters. The predicted molar refractivity (Wildman–Crippen MR) is 51.4 cm³/mol. The summed E-state index contributed by atoms with van der Waals surface area (Å²) in [6, 6.07) is 5.31. The second-order valence-electron chi connectivity index (χ2n) is 3.40. The van der Waals surface area contributed by atoms with Crippen LogP contribution in [0.15, 0.2) is 18.2 Å². The lowest BCUT2D eigenvalue weighted by Gasteiger charge is -2.09. The van der Waals surface area contributed by atoms with Gasteiger partial charge in [-0.2, -0.15) is 0 Å². The first kappa shape index (κ1) is 8.51.